The van der Waals surface area contributed by atoms with Gasteiger partial charge >= 0.3 is 5.97 Å². The molecule has 0 saturated carbocycles. The van der Waals surface area contributed by atoms with Crippen molar-refractivity contribution in [3.05, 3.63) is 70.4 Å². The molecule has 0 bridgehead atoms. The van der Waals surface area contributed by atoms with Gasteiger partial charge in [-0.25, -0.2) is 27.9 Å². The van der Waals surface area contributed by atoms with E-state index in [9.17, 15) is 13.2 Å². The molecule has 2 aromatic carbocycles. The van der Waals surface area contributed by atoms with Crippen LogP contribution in [0.5, 0.6) is 0 Å². The second-order valence-electron chi connectivity index (χ2n) is 7.03. The second kappa shape index (κ2) is 8.41. The summed E-state index contributed by atoms with van der Waals surface area (Å²) < 4.78 is 27.8. The van der Waals surface area contributed by atoms with Crippen molar-refractivity contribution in [2.45, 2.75) is 31.6 Å². The lowest BCUT2D eigenvalue weighted by Crippen LogP contribution is -2.16. The summed E-state index contributed by atoms with van der Waals surface area (Å²) >= 11 is 6.16. The maximum Gasteiger partial charge on any atom is 0.335 e. The van der Waals surface area contributed by atoms with Crippen molar-refractivity contribution in [3.63, 3.8) is 0 Å². The number of benzene rings is 2. The Hall–Kier alpha value is -2.97. The van der Waals surface area contributed by atoms with Crippen molar-refractivity contribution in [3.8, 4) is 11.3 Å². The van der Waals surface area contributed by atoms with Crippen molar-refractivity contribution in [2.75, 3.05) is 4.72 Å². The molecule has 156 valence electrons. The summed E-state index contributed by atoms with van der Waals surface area (Å²) in [4.78, 5) is 19.3. The van der Waals surface area contributed by atoms with E-state index in [0.717, 1.165) is 22.8 Å². The standard InChI is InChI=1S/C21H20ClN3O4S/c1-12(2)16-9-4-6-13(3)19(16)17-11-18(22)24-21(23-17)25-30(28,29)15-8-5-7-14(10-15)20(26)27/h4-12H,1-3H3,(H,26,27)(H,23,24,25). The van der Waals surface area contributed by atoms with E-state index in [4.69, 9.17) is 16.7 Å². The van der Waals surface area contributed by atoms with E-state index >= 15 is 0 Å². The molecule has 2 N–H and O–H groups in total. The predicted molar refractivity (Wildman–Crippen MR) is 116 cm³/mol. The molecule has 0 aliphatic heterocycles. The Bertz CT molecular complexity index is 1230. The number of halogens is 1. The molecule has 1 heterocycles. The maximum atomic E-state index is 12.8. The van der Waals surface area contributed by atoms with Crippen LogP contribution in [0.1, 0.15) is 41.3 Å². The lowest BCUT2D eigenvalue weighted by atomic mass is 9.92. The zero-order valence-corrected chi connectivity index (χ0v) is 18.1. The molecule has 0 amide bonds. The number of sulfonamides is 1. The van der Waals surface area contributed by atoms with Gasteiger partial charge in [-0.2, -0.15) is 0 Å². The Kier molecular flexibility index (Phi) is 6.09. The summed E-state index contributed by atoms with van der Waals surface area (Å²) in [5.41, 5.74) is 3.23. The minimum absolute atomic E-state index is 0.0787. The van der Waals surface area contributed by atoms with E-state index in [-0.39, 0.29) is 27.5 Å². The van der Waals surface area contributed by atoms with E-state index in [1.807, 2.05) is 25.1 Å². The quantitative estimate of drug-likeness (QED) is 0.531. The van der Waals surface area contributed by atoms with E-state index in [0.29, 0.717) is 5.69 Å². The smallest absolute Gasteiger partial charge is 0.335 e. The van der Waals surface area contributed by atoms with Gasteiger partial charge in [0.05, 0.1) is 16.2 Å². The molecular weight excluding hydrogens is 426 g/mol. The summed E-state index contributed by atoms with van der Waals surface area (Å²) in [7, 11) is -4.12. The molecular formula is C21H20ClN3O4S. The number of hydrogen-bond acceptors (Lipinski definition) is 5. The first-order chi connectivity index (χ1) is 14.1. The van der Waals surface area contributed by atoms with Crippen molar-refractivity contribution in [1.82, 2.24) is 9.97 Å². The van der Waals surface area contributed by atoms with Crippen LogP contribution in [0.25, 0.3) is 11.3 Å². The summed E-state index contributed by atoms with van der Waals surface area (Å²) in [6, 6.07) is 12.5. The number of nitrogens with one attached hydrogen (secondary N) is 1. The second-order valence-corrected chi connectivity index (χ2v) is 9.10. The van der Waals surface area contributed by atoms with Gasteiger partial charge < -0.3 is 5.11 Å². The van der Waals surface area contributed by atoms with Gasteiger partial charge in [-0.1, -0.05) is 49.7 Å². The fourth-order valence-corrected chi connectivity index (χ4v) is 4.26. The Labute approximate surface area is 179 Å². The average Bonchev–Trinajstić information content (AvgIpc) is 2.67. The van der Waals surface area contributed by atoms with Gasteiger partial charge in [0.15, 0.2) is 0 Å². The Balaban J connectivity index is 2.05. The summed E-state index contributed by atoms with van der Waals surface area (Å²) in [6.07, 6.45) is 0. The molecule has 0 aliphatic rings. The molecule has 7 nitrogen and oxygen atoms in total. The Morgan fingerprint density at radius 2 is 1.80 bits per heavy atom. The number of hydrogen-bond donors (Lipinski definition) is 2. The number of aryl methyl sites for hydroxylation is 1. The van der Waals surface area contributed by atoms with Crippen LogP contribution in [-0.4, -0.2) is 29.5 Å². The number of carboxylic acid groups (broad SMARTS) is 1. The zero-order valence-electron chi connectivity index (χ0n) is 16.5. The highest BCUT2D eigenvalue weighted by Gasteiger charge is 2.20. The van der Waals surface area contributed by atoms with E-state index in [2.05, 4.69) is 28.5 Å². The molecule has 0 aliphatic carbocycles. The van der Waals surface area contributed by atoms with Crippen molar-refractivity contribution >= 4 is 33.5 Å². The zero-order chi connectivity index (χ0) is 22.1. The molecule has 1 aromatic heterocycles. The number of aromatic nitrogens is 2. The number of carbonyl (C=O) groups is 1. The summed E-state index contributed by atoms with van der Waals surface area (Å²) in [5.74, 6) is -1.21. The molecule has 0 fully saturated rings. The average molecular weight is 446 g/mol. The number of carboxylic acids is 1. The van der Waals surface area contributed by atoms with Crippen LogP contribution in [0.3, 0.4) is 0 Å². The monoisotopic (exact) mass is 445 g/mol. The minimum atomic E-state index is -4.12. The van der Waals surface area contributed by atoms with Gasteiger partial charge in [-0.05, 0) is 42.2 Å². The van der Waals surface area contributed by atoms with Gasteiger partial charge in [-0.15, -0.1) is 0 Å². The first kappa shape index (κ1) is 21.7. The predicted octanol–water partition coefficient (Wildman–Crippen LogP) is 4.73. The molecule has 0 atom stereocenters. The van der Waals surface area contributed by atoms with E-state index in [1.165, 1.54) is 18.2 Å². The highest BCUT2D eigenvalue weighted by atomic mass is 35.5. The Morgan fingerprint density at radius 3 is 2.47 bits per heavy atom. The van der Waals surface area contributed by atoms with Gasteiger partial charge in [0.25, 0.3) is 10.0 Å². The molecule has 0 saturated heterocycles. The third-order valence-corrected chi connectivity index (χ3v) is 6.01. The maximum absolute atomic E-state index is 12.8. The van der Waals surface area contributed by atoms with Crippen LogP contribution in [0.4, 0.5) is 5.95 Å². The summed E-state index contributed by atoms with van der Waals surface area (Å²) in [5, 5.41) is 9.18. The lowest BCUT2D eigenvalue weighted by Gasteiger charge is -2.16. The van der Waals surface area contributed by atoms with Gasteiger partial charge in [0.1, 0.15) is 5.15 Å². The number of rotatable bonds is 6. The van der Waals surface area contributed by atoms with Crippen LogP contribution >= 0.6 is 11.6 Å². The normalized spacial score (nSPS) is 11.5. The third-order valence-electron chi connectivity index (χ3n) is 4.49. The van der Waals surface area contributed by atoms with Crippen LogP contribution in [0, 0.1) is 6.92 Å². The fraction of sp³-hybridized carbons (Fsp3) is 0.190. The number of nitrogens with zero attached hydrogens (tertiary/aromatic N) is 2. The first-order valence-electron chi connectivity index (χ1n) is 9.09. The third kappa shape index (κ3) is 4.60. The highest BCUT2D eigenvalue weighted by Crippen LogP contribution is 2.32. The molecule has 0 unspecified atom stereocenters. The molecule has 3 rings (SSSR count). The van der Waals surface area contributed by atoms with Gasteiger partial charge in [0.2, 0.25) is 5.95 Å². The largest absolute Gasteiger partial charge is 0.478 e. The molecule has 0 radical (unpaired) electrons. The first-order valence-corrected chi connectivity index (χ1v) is 10.9. The van der Waals surface area contributed by atoms with Crippen LogP contribution in [0.15, 0.2) is 53.4 Å². The van der Waals surface area contributed by atoms with Crippen LogP contribution < -0.4 is 4.72 Å². The van der Waals surface area contributed by atoms with E-state index < -0.39 is 16.0 Å². The Morgan fingerprint density at radius 1 is 1.10 bits per heavy atom. The minimum Gasteiger partial charge on any atom is -0.478 e. The highest BCUT2D eigenvalue weighted by molar-refractivity contribution is 7.92. The van der Waals surface area contributed by atoms with Crippen molar-refractivity contribution in [1.29, 1.82) is 0 Å². The van der Waals surface area contributed by atoms with Crippen molar-refractivity contribution in [2.24, 2.45) is 0 Å². The number of aromatic carboxylic acids is 1. The lowest BCUT2D eigenvalue weighted by molar-refractivity contribution is 0.0696. The van der Waals surface area contributed by atoms with Gasteiger partial charge in [-0.3, -0.25) is 0 Å². The fourth-order valence-electron chi connectivity index (χ4n) is 3.09. The van der Waals surface area contributed by atoms with E-state index in [1.54, 1.807) is 6.07 Å². The van der Waals surface area contributed by atoms with Crippen molar-refractivity contribution < 1.29 is 18.3 Å². The van der Waals surface area contributed by atoms with Gasteiger partial charge in [0, 0.05) is 11.6 Å². The van der Waals surface area contributed by atoms with Crippen LogP contribution in [-0.2, 0) is 10.0 Å². The topological polar surface area (TPSA) is 109 Å². The molecule has 3 aromatic rings. The SMILES string of the molecule is Cc1cccc(C(C)C)c1-c1cc(Cl)nc(NS(=O)(=O)c2cccc(C(=O)O)c2)n1. The summed E-state index contributed by atoms with van der Waals surface area (Å²) in [6.45, 7) is 6.05. The number of anilines is 1. The van der Waals surface area contributed by atoms with Crippen LogP contribution in [0.2, 0.25) is 5.15 Å². The molecule has 0 spiro atoms. The molecule has 9 heteroatoms. The molecule has 30 heavy (non-hydrogen) atoms.